The molecule has 98 valence electrons. The standard InChI is InChI=1S/C14H20ClN3/c1-9-5-6-18(8-10(9)2)13-7-11(15)3-4-12(13)14(16)17/h3-4,7,9-10H,5-6,8H2,1-2H3,(H3,16,17). The molecule has 0 radical (unpaired) electrons. The molecule has 0 saturated carbocycles. The number of anilines is 1. The Labute approximate surface area is 113 Å². The van der Waals surface area contributed by atoms with E-state index in [1.807, 2.05) is 12.1 Å². The van der Waals surface area contributed by atoms with Crippen molar-refractivity contribution >= 4 is 23.1 Å². The van der Waals surface area contributed by atoms with Crippen LogP contribution >= 0.6 is 11.6 Å². The van der Waals surface area contributed by atoms with Crippen LogP contribution in [0.15, 0.2) is 18.2 Å². The molecular formula is C14H20ClN3. The lowest BCUT2D eigenvalue weighted by atomic mass is 9.88. The highest BCUT2D eigenvalue weighted by molar-refractivity contribution is 6.31. The molecule has 1 aromatic carbocycles. The molecule has 1 aliphatic rings. The fraction of sp³-hybridized carbons (Fsp3) is 0.500. The van der Waals surface area contributed by atoms with Crippen LogP contribution in [0.4, 0.5) is 5.69 Å². The summed E-state index contributed by atoms with van der Waals surface area (Å²) in [6.07, 6.45) is 1.17. The predicted molar refractivity (Wildman–Crippen MR) is 77.6 cm³/mol. The Morgan fingerprint density at radius 2 is 2.11 bits per heavy atom. The molecule has 1 heterocycles. The fourth-order valence-corrected chi connectivity index (χ4v) is 2.64. The van der Waals surface area contributed by atoms with E-state index in [0.29, 0.717) is 10.9 Å². The Kier molecular flexibility index (Phi) is 3.81. The van der Waals surface area contributed by atoms with E-state index in [9.17, 15) is 0 Å². The van der Waals surface area contributed by atoms with E-state index in [4.69, 9.17) is 22.7 Å². The number of amidine groups is 1. The molecule has 2 atom stereocenters. The first kappa shape index (κ1) is 13.2. The molecule has 2 rings (SSSR count). The van der Waals surface area contributed by atoms with Crippen molar-refractivity contribution in [3.63, 3.8) is 0 Å². The molecule has 3 N–H and O–H groups in total. The van der Waals surface area contributed by atoms with Gasteiger partial charge in [-0.15, -0.1) is 0 Å². The van der Waals surface area contributed by atoms with Crippen molar-refractivity contribution in [3.05, 3.63) is 28.8 Å². The second kappa shape index (κ2) is 5.19. The molecule has 1 aromatic rings. The molecule has 2 unspecified atom stereocenters. The molecule has 0 spiro atoms. The Morgan fingerprint density at radius 3 is 2.72 bits per heavy atom. The average molecular weight is 266 g/mol. The van der Waals surface area contributed by atoms with Crippen molar-refractivity contribution in [2.75, 3.05) is 18.0 Å². The molecule has 4 heteroatoms. The van der Waals surface area contributed by atoms with Gasteiger partial charge in [0.15, 0.2) is 0 Å². The largest absolute Gasteiger partial charge is 0.384 e. The summed E-state index contributed by atoms with van der Waals surface area (Å²) in [6, 6.07) is 5.54. The van der Waals surface area contributed by atoms with Crippen LogP contribution in [-0.4, -0.2) is 18.9 Å². The molecule has 0 bridgehead atoms. The smallest absolute Gasteiger partial charge is 0.124 e. The van der Waals surface area contributed by atoms with E-state index >= 15 is 0 Å². The van der Waals surface area contributed by atoms with Crippen molar-refractivity contribution in [2.24, 2.45) is 17.6 Å². The maximum absolute atomic E-state index is 7.66. The van der Waals surface area contributed by atoms with Gasteiger partial charge in [-0.05, 0) is 36.5 Å². The second-order valence-electron chi connectivity index (χ2n) is 5.26. The summed E-state index contributed by atoms with van der Waals surface area (Å²) < 4.78 is 0. The second-order valence-corrected chi connectivity index (χ2v) is 5.70. The fourth-order valence-electron chi connectivity index (χ4n) is 2.48. The number of hydrogen-bond acceptors (Lipinski definition) is 2. The summed E-state index contributed by atoms with van der Waals surface area (Å²) in [5.74, 6) is 1.51. The maximum atomic E-state index is 7.66. The van der Waals surface area contributed by atoms with Crippen molar-refractivity contribution in [1.82, 2.24) is 0 Å². The van der Waals surface area contributed by atoms with E-state index in [1.54, 1.807) is 6.07 Å². The van der Waals surface area contributed by atoms with E-state index in [2.05, 4.69) is 18.7 Å². The highest BCUT2D eigenvalue weighted by Crippen LogP contribution is 2.31. The van der Waals surface area contributed by atoms with Gasteiger partial charge in [0.05, 0.1) is 0 Å². The van der Waals surface area contributed by atoms with Crippen molar-refractivity contribution in [2.45, 2.75) is 20.3 Å². The van der Waals surface area contributed by atoms with Gasteiger partial charge in [0.1, 0.15) is 5.84 Å². The molecule has 1 aliphatic heterocycles. The lowest BCUT2D eigenvalue weighted by Gasteiger charge is -2.37. The Hall–Kier alpha value is -1.22. The van der Waals surface area contributed by atoms with Gasteiger partial charge < -0.3 is 10.6 Å². The summed E-state index contributed by atoms with van der Waals surface area (Å²) in [7, 11) is 0. The van der Waals surface area contributed by atoms with Crippen molar-refractivity contribution in [1.29, 1.82) is 5.41 Å². The minimum absolute atomic E-state index is 0.105. The molecule has 18 heavy (non-hydrogen) atoms. The monoisotopic (exact) mass is 265 g/mol. The minimum Gasteiger partial charge on any atom is -0.384 e. The number of benzene rings is 1. The zero-order valence-electron chi connectivity index (χ0n) is 10.9. The third-order valence-electron chi connectivity index (χ3n) is 3.92. The van der Waals surface area contributed by atoms with E-state index < -0.39 is 0 Å². The van der Waals surface area contributed by atoms with Gasteiger partial charge in [0.2, 0.25) is 0 Å². The Balaban J connectivity index is 2.32. The van der Waals surface area contributed by atoms with Gasteiger partial charge in [-0.25, -0.2) is 0 Å². The maximum Gasteiger partial charge on any atom is 0.124 e. The molecule has 0 aliphatic carbocycles. The van der Waals surface area contributed by atoms with Crippen LogP contribution in [0.3, 0.4) is 0 Å². The third kappa shape index (κ3) is 2.61. The van der Waals surface area contributed by atoms with Gasteiger partial charge in [-0.2, -0.15) is 0 Å². The van der Waals surface area contributed by atoms with Gasteiger partial charge in [-0.1, -0.05) is 25.4 Å². The average Bonchev–Trinajstić information content (AvgIpc) is 2.32. The number of hydrogen-bond donors (Lipinski definition) is 2. The molecule has 1 fully saturated rings. The van der Waals surface area contributed by atoms with Gasteiger partial charge in [0, 0.05) is 29.4 Å². The molecular weight excluding hydrogens is 246 g/mol. The molecule has 1 saturated heterocycles. The van der Waals surface area contributed by atoms with Gasteiger partial charge in [-0.3, -0.25) is 5.41 Å². The molecule has 0 aromatic heterocycles. The predicted octanol–water partition coefficient (Wildman–Crippen LogP) is 3.11. The highest BCUT2D eigenvalue weighted by atomic mass is 35.5. The first-order valence-corrected chi connectivity index (χ1v) is 6.75. The number of nitrogens with two attached hydrogens (primary N) is 1. The topological polar surface area (TPSA) is 53.1 Å². The lowest BCUT2D eigenvalue weighted by Crippen LogP contribution is -2.39. The van der Waals surface area contributed by atoms with Crippen LogP contribution < -0.4 is 10.6 Å². The minimum atomic E-state index is 0.105. The van der Waals surface area contributed by atoms with Crippen molar-refractivity contribution in [3.8, 4) is 0 Å². The first-order valence-electron chi connectivity index (χ1n) is 6.38. The quantitative estimate of drug-likeness (QED) is 0.638. The van der Waals surface area contributed by atoms with Crippen LogP contribution in [0, 0.1) is 17.2 Å². The highest BCUT2D eigenvalue weighted by Gasteiger charge is 2.24. The summed E-state index contributed by atoms with van der Waals surface area (Å²) in [4.78, 5) is 2.30. The summed E-state index contributed by atoms with van der Waals surface area (Å²) >= 11 is 6.07. The summed E-state index contributed by atoms with van der Waals surface area (Å²) in [6.45, 7) is 6.58. The van der Waals surface area contributed by atoms with Crippen LogP contribution in [0.5, 0.6) is 0 Å². The summed E-state index contributed by atoms with van der Waals surface area (Å²) in [5, 5.41) is 8.36. The molecule has 0 amide bonds. The number of halogens is 1. The van der Waals surface area contributed by atoms with Crippen LogP contribution in [0.1, 0.15) is 25.8 Å². The third-order valence-corrected chi connectivity index (χ3v) is 4.16. The Morgan fingerprint density at radius 1 is 1.39 bits per heavy atom. The van der Waals surface area contributed by atoms with E-state index in [-0.39, 0.29) is 5.84 Å². The number of nitrogens with zero attached hydrogens (tertiary/aromatic N) is 1. The first-order chi connectivity index (χ1) is 8.49. The molecule has 3 nitrogen and oxygen atoms in total. The number of nitrogens with one attached hydrogen (secondary N) is 1. The number of nitrogen functional groups attached to an aromatic ring is 1. The van der Waals surface area contributed by atoms with Gasteiger partial charge in [0.25, 0.3) is 0 Å². The van der Waals surface area contributed by atoms with Crippen molar-refractivity contribution < 1.29 is 0 Å². The number of piperidine rings is 1. The van der Waals surface area contributed by atoms with E-state index in [1.165, 1.54) is 6.42 Å². The lowest BCUT2D eigenvalue weighted by molar-refractivity contribution is 0.324. The van der Waals surface area contributed by atoms with Crippen LogP contribution in [-0.2, 0) is 0 Å². The summed E-state index contributed by atoms with van der Waals surface area (Å²) in [5.41, 5.74) is 7.42. The zero-order valence-corrected chi connectivity index (χ0v) is 11.7. The SMILES string of the molecule is CC1CCN(c2cc(Cl)ccc2C(=N)N)CC1C. The van der Waals surface area contributed by atoms with Crippen LogP contribution in [0.2, 0.25) is 5.02 Å². The van der Waals surface area contributed by atoms with Crippen LogP contribution in [0.25, 0.3) is 0 Å². The normalized spacial score (nSPS) is 24.1. The van der Waals surface area contributed by atoms with E-state index in [0.717, 1.165) is 30.3 Å². The van der Waals surface area contributed by atoms with Gasteiger partial charge >= 0.3 is 0 Å². The number of rotatable bonds is 2. The Bertz CT molecular complexity index is 458. The zero-order chi connectivity index (χ0) is 13.3.